The zero-order valence-electron chi connectivity index (χ0n) is 30.7. The van der Waals surface area contributed by atoms with Gasteiger partial charge in [-0.1, -0.05) is 77.8 Å². The summed E-state index contributed by atoms with van der Waals surface area (Å²) >= 11 is 12.2. The largest absolute Gasteiger partial charge is 0.489 e. The number of aliphatic carboxylic acids is 1. The summed E-state index contributed by atoms with van der Waals surface area (Å²) in [5.74, 6) is -0.122. The highest BCUT2D eigenvalue weighted by molar-refractivity contribution is 6.42. The third-order valence-corrected chi connectivity index (χ3v) is 11.4. The van der Waals surface area contributed by atoms with Gasteiger partial charge in [0.05, 0.1) is 33.4 Å². The number of nitrogens with zero attached hydrogens (tertiary/aromatic N) is 2. The summed E-state index contributed by atoms with van der Waals surface area (Å²) in [5, 5.41) is 26.0. The van der Waals surface area contributed by atoms with E-state index in [0.29, 0.717) is 63.8 Å². The van der Waals surface area contributed by atoms with E-state index in [-0.39, 0.29) is 18.2 Å². The summed E-state index contributed by atoms with van der Waals surface area (Å²) in [5.41, 5.74) is 7.19. The van der Waals surface area contributed by atoms with Crippen LogP contribution in [0.25, 0.3) is 11.1 Å². The molecule has 2 heterocycles. The van der Waals surface area contributed by atoms with Crippen LogP contribution in [0.15, 0.2) is 103 Å². The Balaban J connectivity index is 0.937. The van der Waals surface area contributed by atoms with E-state index >= 15 is 0 Å². The Bertz CT molecular complexity index is 2380. The molecule has 1 saturated carbocycles. The van der Waals surface area contributed by atoms with Crippen molar-refractivity contribution in [2.24, 2.45) is 5.92 Å². The van der Waals surface area contributed by atoms with Gasteiger partial charge >= 0.3 is 5.97 Å². The molecule has 2 aliphatic heterocycles. The van der Waals surface area contributed by atoms with E-state index in [4.69, 9.17) is 37.9 Å². The van der Waals surface area contributed by atoms with Gasteiger partial charge in [-0.05, 0) is 107 Å². The number of carbonyl (C=O) groups excluding carboxylic acids is 2. The van der Waals surface area contributed by atoms with Crippen LogP contribution in [-0.4, -0.2) is 46.4 Å². The van der Waals surface area contributed by atoms with Crippen molar-refractivity contribution < 1.29 is 29.0 Å². The molecule has 5 aromatic rings. The van der Waals surface area contributed by atoms with Crippen LogP contribution in [0.2, 0.25) is 10.0 Å². The second-order valence-corrected chi connectivity index (χ2v) is 15.6. The lowest BCUT2D eigenvalue weighted by Gasteiger charge is -2.37. The first-order valence-corrected chi connectivity index (χ1v) is 19.5. The number of amides is 2. The molecule has 8 rings (SSSR count). The average Bonchev–Trinajstić information content (AvgIpc) is 4.04. The lowest BCUT2D eigenvalue weighted by atomic mass is 9.91. The standard InChI is InChI=1S/C45H38Cl2N4O6/c46-36-16-7-29(17-37(36)47)25-56-35-14-12-32(13-15-35)42-44(53)49-38-19-33-20-40(51(23-28-1-2-28)24-34(33)21-41(38)57-42)43(52)50-39(45(54)55)18-26-3-8-30(9-4-26)31-10-5-27(22-48)6-11-31/h3-17,19,21,28,39-40,42H,1-2,18,20,23-25H2,(H,49,53)(H,50,52)(H,54,55). The van der Waals surface area contributed by atoms with Gasteiger partial charge in [0.1, 0.15) is 24.1 Å². The van der Waals surface area contributed by atoms with E-state index < -0.39 is 24.2 Å². The van der Waals surface area contributed by atoms with Gasteiger partial charge in [0.2, 0.25) is 12.0 Å². The zero-order chi connectivity index (χ0) is 39.6. The highest BCUT2D eigenvalue weighted by Crippen LogP contribution is 2.41. The fourth-order valence-corrected chi connectivity index (χ4v) is 7.68. The molecule has 288 valence electrons. The lowest BCUT2D eigenvalue weighted by Crippen LogP contribution is -2.54. The molecule has 3 aliphatic rings. The molecule has 1 fully saturated rings. The first kappa shape index (κ1) is 38.0. The number of hydrogen-bond acceptors (Lipinski definition) is 7. The Kier molecular flexibility index (Phi) is 10.9. The number of carboxylic acid groups (broad SMARTS) is 1. The van der Waals surface area contributed by atoms with Gasteiger partial charge in [-0.15, -0.1) is 0 Å². The number of anilines is 1. The van der Waals surface area contributed by atoms with Gasteiger partial charge in [0.25, 0.3) is 5.91 Å². The molecule has 0 aromatic heterocycles. The molecule has 12 heteroatoms. The summed E-state index contributed by atoms with van der Waals surface area (Å²) in [4.78, 5) is 41.9. The number of ether oxygens (including phenoxy) is 2. The number of benzene rings is 5. The minimum absolute atomic E-state index is 0.118. The molecule has 10 nitrogen and oxygen atoms in total. The Morgan fingerprint density at radius 1 is 0.912 bits per heavy atom. The predicted molar refractivity (Wildman–Crippen MR) is 216 cm³/mol. The van der Waals surface area contributed by atoms with Crippen LogP contribution in [0.1, 0.15) is 52.3 Å². The van der Waals surface area contributed by atoms with Gasteiger partial charge in [-0.25, -0.2) is 4.79 Å². The van der Waals surface area contributed by atoms with Gasteiger partial charge in [-0.3, -0.25) is 14.5 Å². The van der Waals surface area contributed by atoms with Crippen LogP contribution in [0.3, 0.4) is 0 Å². The second-order valence-electron chi connectivity index (χ2n) is 14.8. The van der Waals surface area contributed by atoms with Crippen LogP contribution >= 0.6 is 23.2 Å². The molecule has 1 aliphatic carbocycles. The molecule has 0 bridgehead atoms. The summed E-state index contributed by atoms with van der Waals surface area (Å²) in [6, 6.07) is 31.5. The Labute approximate surface area is 339 Å². The summed E-state index contributed by atoms with van der Waals surface area (Å²) in [6.45, 7) is 1.51. The quantitative estimate of drug-likeness (QED) is 0.115. The van der Waals surface area contributed by atoms with Gasteiger partial charge in [-0.2, -0.15) is 5.26 Å². The molecule has 5 aromatic carbocycles. The number of hydrogen-bond donors (Lipinski definition) is 3. The second kappa shape index (κ2) is 16.3. The number of nitrogens with one attached hydrogen (secondary N) is 2. The maximum Gasteiger partial charge on any atom is 0.326 e. The van der Waals surface area contributed by atoms with E-state index in [0.717, 1.165) is 52.8 Å². The van der Waals surface area contributed by atoms with E-state index in [9.17, 15) is 19.5 Å². The number of nitriles is 1. The van der Waals surface area contributed by atoms with Gasteiger partial charge in [0.15, 0.2) is 0 Å². The van der Waals surface area contributed by atoms with Crippen molar-refractivity contribution >= 4 is 46.7 Å². The van der Waals surface area contributed by atoms with Crippen LogP contribution in [0, 0.1) is 17.2 Å². The van der Waals surface area contributed by atoms with E-state index in [1.165, 1.54) is 0 Å². The molecule has 2 amide bonds. The fourth-order valence-electron chi connectivity index (χ4n) is 7.36. The summed E-state index contributed by atoms with van der Waals surface area (Å²) in [6.07, 6.45) is 1.79. The summed E-state index contributed by atoms with van der Waals surface area (Å²) < 4.78 is 12.2. The zero-order valence-corrected chi connectivity index (χ0v) is 32.2. The van der Waals surface area contributed by atoms with Crippen LogP contribution in [0.4, 0.5) is 5.69 Å². The third-order valence-electron chi connectivity index (χ3n) is 10.7. The molecule has 0 radical (unpaired) electrons. The van der Waals surface area contributed by atoms with E-state index in [2.05, 4.69) is 21.6 Å². The Morgan fingerprint density at radius 3 is 2.28 bits per heavy atom. The van der Waals surface area contributed by atoms with Crippen LogP contribution in [0.5, 0.6) is 11.5 Å². The minimum Gasteiger partial charge on any atom is -0.489 e. The Morgan fingerprint density at radius 2 is 1.61 bits per heavy atom. The molecule has 0 spiro atoms. The molecular formula is C45H38Cl2N4O6. The topological polar surface area (TPSA) is 141 Å². The van der Waals surface area contributed by atoms with Gasteiger partial charge in [0, 0.05) is 25.1 Å². The van der Waals surface area contributed by atoms with Crippen LogP contribution in [-0.2, 0) is 40.4 Å². The highest BCUT2D eigenvalue weighted by atomic mass is 35.5. The Hall–Kier alpha value is -5.86. The summed E-state index contributed by atoms with van der Waals surface area (Å²) in [7, 11) is 0. The smallest absolute Gasteiger partial charge is 0.326 e. The first-order valence-electron chi connectivity index (χ1n) is 18.8. The SMILES string of the molecule is N#Cc1ccc(-c2ccc(CC(NC(=O)C3Cc4cc5c(cc4CN3CC3CC3)OC(c3ccc(OCc4ccc(Cl)c(Cl)c4)cc3)C(=O)N5)C(=O)O)cc2)cc1. The van der Waals surface area contributed by atoms with Gasteiger partial charge < -0.3 is 25.2 Å². The third kappa shape index (κ3) is 8.76. The molecule has 3 N–H and O–H groups in total. The van der Waals surface area contributed by atoms with Crippen molar-refractivity contribution in [3.8, 4) is 28.7 Å². The number of rotatable bonds is 12. The van der Waals surface area contributed by atoms with Crippen molar-refractivity contribution in [2.45, 2.75) is 57.0 Å². The molecule has 3 atom stereocenters. The number of carboxylic acids is 1. The minimum atomic E-state index is -1.13. The molecule has 0 saturated heterocycles. The highest BCUT2D eigenvalue weighted by Gasteiger charge is 2.38. The average molecular weight is 802 g/mol. The monoisotopic (exact) mass is 800 g/mol. The molecule has 57 heavy (non-hydrogen) atoms. The van der Waals surface area contributed by atoms with Crippen molar-refractivity contribution in [1.29, 1.82) is 5.26 Å². The number of halogens is 2. The van der Waals surface area contributed by atoms with Crippen LogP contribution < -0.4 is 20.1 Å². The fraction of sp³-hybridized carbons (Fsp3) is 0.244. The predicted octanol–water partition coefficient (Wildman–Crippen LogP) is 8.13. The number of carbonyl (C=O) groups is 3. The maximum atomic E-state index is 14.0. The number of fused-ring (bicyclic) bond motifs is 2. The van der Waals surface area contributed by atoms with Crippen molar-refractivity contribution in [3.63, 3.8) is 0 Å². The van der Waals surface area contributed by atoms with E-state index in [1.807, 2.05) is 54.6 Å². The lowest BCUT2D eigenvalue weighted by molar-refractivity contribution is -0.142. The van der Waals surface area contributed by atoms with E-state index in [1.54, 1.807) is 48.5 Å². The normalized spacial score (nSPS) is 17.9. The van der Waals surface area contributed by atoms with Crippen molar-refractivity contribution in [2.75, 3.05) is 11.9 Å². The molecular weight excluding hydrogens is 763 g/mol. The van der Waals surface area contributed by atoms with Crippen molar-refractivity contribution in [3.05, 3.63) is 147 Å². The van der Waals surface area contributed by atoms with Crippen molar-refractivity contribution in [1.82, 2.24) is 10.2 Å². The molecule has 3 unspecified atom stereocenters. The first-order chi connectivity index (χ1) is 27.6. The maximum absolute atomic E-state index is 14.0.